The van der Waals surface area contributed by atoms with Crippen molar-refractivity contribution in [2.45, 2.75) is 51.5 Å². The number of hydrogen-bond donors (Lipinski definition) is 1. The summed E-state index contributed by atoms with van der Waals surface area (Å²) in [5.41, 5.74) is 0. The molecule has 2 fully saturated rings. The van der Waals surface area contributed by atoms with Crippen molar-refractivity contribution in [1.29, 1.82) is 0 Å². The van der Waals surface area contributed by atoms with Crippen LogP contribution >= 0.6 is 0 Å². The highest BCUT2D eigenvalue weighted by Crippen LogP contribution is 2.28. The Balaban J connectivity index is 1.71. The minimum Gasteiger partial charge on any atom is -0.340 e. The van der Waals surface area contributed by atoms with Gasteiger partial charge < -0.3 is 10.2 Å². The molecule has 3 heteroatoms. The topological polar surface area (TPSA) is 32.3 Å². The molecule has 3 nitrogen and oxygen atoms in total. The monoisotopic (exact) mass is 224 g/mol. The van der Waals surface area contributed by atoms with E-state index in [9.17, 15) is 4.79 Å². The van der Waals surface area contributed by atoms with E-state index in [2.05, 4.69) is 17.1 Å². The Morgan fingerprint density at radius 1 is 1.38 bits per heavy atom. The van der Waals surface area contributed by atoms with Gasteiger partial charge in [0.1, 0.15) is 0 Å². The van der Waals surface area contributed by atoms with Crippen LogP contribution < -0.4 is 5.32 Å². The molecule has 1 unspecified atom stereocenters. The van der Waals surface area contributed by atoms with Crippen LogP contribution in [0.15, 0.2) is 0 Å². The molecule has 0 aromatic heterocycles. The Kier molecular flexibility index (Phi) is 4.22. The number of nitrogens with zero attached hydrogens (tertiary/aromatic N) is 1. The lowest BCUT2D eigenvalue weighted by Crippen LogP contribution is -2.33. The first-order valence-electron chi connectivity index (χ1n) is 6.81. The quantitative estimate of drug-likeness (QED) is 0.746. The van der Waals surface area contributed by atoms with E-state index in [1.807, 2.05) is 0 Å². The van der Waals surface area contributed by atoms with E-state index >= 15 is 0 Å². The van der Waals surface area contributed by atoms with E-state index in [1.165, 1.54) is 19.3 Å². The van der Waals surface area contributed by atoms with Gasteiger partial charge in [0.25, 0.3) is 0 Å². The molecule has 0 aromatic carbocycles. The summed E-state index contributed by atoms with van der Waals surface area (Å²) >= 11 is 0. The molecule has 1 aliphatic carbocycles. The molecular formula is C13H24N2O. The lowest BCUT2D eigenvalue weighted by molar-refractivity contribution is -0.132. The molecular weight excluding hydrogens is 200 g/mol. The molecule has 0 radical (unpaired) electrons. The highest BCUT2D eigenvalue weighted by molar-refractivity contribution is 5.76. The molecule has 16 heavy (non-hydrogen) atoms. The van der Waals surface area contributed by atoms with E-state index in [-0.39, 0.29) is 0 Å². The highest BCUT2D eigenvalue weighted by Gasteiger charge is 2.31. The minimum absolute atomic E-state index is 0.399. The molecule has 0 spiro atoms. The largest absolute Gasteiger partial charge is 0.340 e. The fraction of sp³-hybridized carbons (Fsp3) is 0.923. The maximum Gasteiger partial charge on any atom is 0.222 e. The third-order valence-corrected chi connectivity index (χ3v) is 3.70. The third kappa shape index (κ3) is 3.21. The van der Waals surface area contributed by atoms with Crippen LogP contribution in [0.2, 0.25) is 0 Å². The second-order valence-corrected chi connectivity index (χ2v) is 5.22. The summed E-state index contributed by atoms with van der Waals surface area (Å²) in [5.74, 6) is 1.14. The van der Waals surface area contributed by atoms with Gasteiger partial charge in [-0.15, -0.1) is 0 Å². The lowest BCUT2D eigenvalue weighted by atomic mass is 10.0. The van der Waals surface area contributed by atoms with Gasteiger partial charge in [0.05, 0.1) is 0 Å². The number of nitrogens with one attached hydrogen (secondary N) is 1. The molecule has 92 valence electrons. The molecule has 1 saturated heterocycles. The van der Waals surface area contributed by atoms with Gasteiger partial charge in [-0.3, -0.25) is 4.79 Å². The fourth-order valence-corrected chi connectivity index (χ4v) is 2.57. The Hall–Kier alpha value is -0.570. The first-order chi connectivity index (χ1) is 7.81. The van der Waals surface area contributed by atoms with Crippen molar-refractivity contribution in [2.75, 3.05) is 19.6 Å². The normalized spacial score (nSPS) is 24.7. The van der Waals surface area contributed by atoms with Crippen molar-refractivity contribution in [3.05, 3.63) is 0 Å². The van der Waals surface area contributed by atoms with Crippen LogP contribution in [0.3, 0.4) is 0 Å². The smallest absolute Gasteiger partial charge is 0.222 e. The van der Waals surface area contributed by atoms with Crippen LogP contribution in [-0.4, -0.2) is 36.5 Å². The summed E-state index contributed by atoms with van der Waals surface area (Å²) in [6.07, 6.45) is 6.66. The van der Waals surface area contributed by atoms with Gasteiger partial charge in [0.2, 0.25) is 5.91 Å². The van der Waals surface area contributed by atoms with Crippen LogP contribution in [0.25, 0.3) is 0 Å². The molecule has 0 aromatic rings. The van der Waals surface area contributed by atoms with Gasteiger partial charge in [0.15, 0.2) is 0 Å². The molecule has 1 amide bonds. The van der Waals surface area contributed by atoms with Gasteiger partial charge in [-0.1, -0.05) is 6.92 Å². The summed E-state index contributed by atoms with van der Waals surface area (Å²) in [4.78, 5) is 14.2. The van der Waals surface area contributed by atoms with Gasteiger partial charge in [-0.2, -0.15) is 0 Å². The average molecular weight is 224 g/mol. The fourth-order valence-electron chi connectivity index (χ4n) is 2.57. The number of carbonyl (C=O) groups excluding carboxylic acids is 1. The molecule has 1 N–H and O–H groups in total. The zero-order valence-electron chi connectivity index (χ0n) is 10.4. The average Bonchev–Trinajstić information content (AvgIpc) is 2.99. The van der Waals surface area contributed by atoms with Crippen LogP contribution in [0.1, 0.15) is 45.4 Å². The Bertz CT molecular complexity index is 232. The number of rotatable bonds is 6. The Morgan fingerprint density at radius 3 is 2.75 bits per heavy atom. The van der Waals surface area contributed by atoms with Gasteiger partial charge >= 0.3 is 0 Å². The Labute approximate surface area is 98.6 Å². The maximum atomic E-state index is 12.1. The SMILES string of the molecule is CCCN(C(=O)CCC1CCNC1)C1CC1. The van der Waals surface area contributed by atoms with Crippen molar-refractivity contribution in [2.24, 2.45) is 5.92 Å². The van der Waals surface area contributed by atoms with E-state index < -0.39 is 0 Å². The first-order valence-corrected chi connectivity index (χ1v) is 6.81. The third-order valence-electron chi connectivity index (χ3n) is 3.70. The van der Waals surface area contributed by atoms with Crippen molar-refractivity contribution < 1.29 is 4.79 Å². The molecule has 0 bridgehead atoms. The van der Waals surface area contributed by atoms with Gasteiger partial charge in [-0.25, -0.2) is 0 Å². The lowest BCUT2D eigenvalue weighted by Gasteiger charge is -2.22. The number of hydrogen-bond acceptors (Lipinski definition) is 2. The standard InChI is InChI=1S/C13H24N2O/c1-2-9-15(12-4-5-12)13(16)6-3-11-7-8-14-10-11/h11-12,14H,2-10H2,1H3. The summed E-state index contributed by atoms with van der Waals surface area (Å²) in [6.45, 7) is 5.38. The molecule has 2 aliphatic rings. The van der Waals surface area contributed by atoms with Crippen LogP contribution in [0.4, 0.5) is 0 Å². The van der Waals surface area contributed by atoms with E-state index in [0.717, 1.165) is 44.8 Å². The summed E-state index contributed by atoms with van der Waals surface area (Å²) < 4.78 is 0. The zero-order chi connectivity index (χ0) is 11.4. The summed E-state index contributed by atoms with van der Waals surface area (Å²) in [5, 5.41) is 3.36. The number of carbonyl (C=O) groups is 1. The van der Waals surface area contributed by atoms with E-state index in [1.54, 1.807) is 0 Å². The van der Waals surface area contributed by atoms with Crippen LogP contribution in [-0.2, 0) is 4.79 Å². The predicted octanol–water partition coefficient (Wildman–Crippen LogP) is 1.78. The van der Waals surface area contributed by atoms with Crippen molar-refractivity contribution >= 4 is 5.91 Å². The molecule has 1 aliphatic heterocycles. The second kappa shape index (κ2) is 5.67. The molecule has 2 rings (SSSR count). The Morgan fingerprint density at radius 2 is 2.19 bits per heavy atom. The second-order valence-electron chi connectivity index (χ2n) is 5.22. The maximum absolute atomic E-state index is 12.1. The predicted molar refractivity (Wildman–Crippen MR) is 65.2 cm³/mol. The first kappa shape index (κ1) is 11.9. The number of amides is 1. The van der Waals surface area contributed by atoms with Crippen LogP contribution in [0.5, 0.6) is 0 Å². The van der Waals surface area contributed by atoms with Gasteiger partial charge in [0, 0.05) is 19.0 Å². The van der Waals surface area contributed by atoms with Crippen LogP contribution in [0, 0.1) is 5.92 Å². The molecule has 1 atom stereocenters. The van der Waals surface area contributed by atoms with Gasteiger partial charge in [-0.05, 0) is 51.1 Å². The molecule has 1 heterocycles. The molecule has 1 saturated carbocycles. The van der Waals surface area contributed by atoms with Crippen molar-refractivity contribution in [3.63, 3.8) is 0 Å². The zero-order valence-corrected chi connectivity index (χ0v) is 10.4. The van der Waals surface area contributed by atoms with Crippen molar-refractivity contribution in [1.82, 2.24) is 10.2 Å². The van der Waals surface area contributed by atoms with Crippen molar-refractivity contribution in [3.8, 4) is 0 Å². The minimum atomic E-state index is 0.399. The van der Waals surface area contributed by atoms with E-state index in [4.69, 9.17) is 0 Å². The highest BCUT2D eigenvalue weighted by atomic mass is 16.2. The van der Waals surface area contributed by atoms with E-state index in [0.29, 0.717) is 11.9 Å². The summed E-state index contributed by atoms with van der Waals surface area (Å²) in [7, 11) is 0. The summed E-state index contributed by atoms with van der Waals surface area (Å²) in [6, 6.07) is 0.592.